The van der Waals surface area contributed by atoms with E-state index in [1.54, 1.807) is 6.92 Å². The second-order valence-corrected chi connectivity index (χ2v) is 7.62. The van der Waals surface area contributed by atoms with Crippen molar-refractivity contribution in [1.29, 1.82) is 0 Å². The normalized spacial score (nSPS) is 12.1. The molecular weight excluding hydrogens is 314 g/mol. The van der Waals surface area contributed by atoms with Crippen molar-refractivity contribution >= 4 is 27.3 Å². The molecule has 7 nitrogen and oxygen atoms in total. The summed E-state index contributed by atoms with van der Waals surface area (Å²) in [5.74, 6) is -0.737. The quantitative estimate of drug-likeness (QED) is 0.657. The fraction of sp³-hybridized carbons (Fsp3) is 0.667. The first kappa shape index (κ1) is 18.0. The summed E-state index contributed by atoms with van der Waals surface area (Å²) in [6.45, 7) is 3.30. The highest BCUT2D eigenvalue weighted by Crippen LogP contribution is 2.24. The molecule has 1 heterocycles. The SMILES string of the molecule is CCN(CCCN(C)C)S(=O)(=O)c1scnc1C(=O)OC. The van der Waals surface area contributed by atoms with E-state index in [2.05, 4.69) is 9.72 Å². The Morgan fingerprint density at radius 3 is 2.57 bits per heavy atom. The maximum Gasteiger partial charge on any atom is 0.358 e. The highest BCUT2D eigenvalue weighted by Gasteiger charge is 2.31. The zero-order valence-corrected chi connectivity index (χ0v) is 14.3. The Kier molecular flexibility index (Phi) is 6.72. The molecule has 0 fully saturated rings. The first-order valence-corrected chi connectivity index (χ1v) is 8.83. The van der Waals surface area contributed by atoms with E-state index in [9.17, 15) is 13.2 Å². The third-order valence-electron chi connectivity index (χ3n) is 2.85. The number of hydrogen-bond acceptors (Lipinski definition) is 7. The van der Waals surface area contributed by atoms with E-state index in [1.807, 2.05) is 19.0 Å². The molecule has 1 aromatic rings. The molecule has 0 spiro atoms. The summed E-state index contributed by atoms with van der Waals surface area (Å²) < 4.78 is 31.1. The first-order chi connectivity index (χ1) is 9.84. The van der Waals surface area contributed by atoms with Crippen LogP contribution in [0.4, 0.5) is 0 Å². The summed E-state index contributed by atoms with van der Waals surface area (Å²) in [4.78, 5) is 17.4. The molecule has 1 rings (SSSR count). The van der Waals surface area contributed by atoms with Crippen LogP contribution in [-0.4, -0.2) is 69.4 Å². The van der Waals surface area contributed by atoms with E-state index >= 15 is 0 Å². The van der Waals surface area contributed by atoms with Crippen molar-refractivity contribution in [2.75, 3.05) is 40.8 Å². The van der Waals surface area contributed by atoms with Crippen LogP contribution in [0, 0.1) is 0 Å². The number of carbonyl (C=O) groups excluding carboxylic acids is 1. The molecule has 0 saturated carbocycles. The summed E-state index contributed by atoms with van der Waals surface area (Å²) in [6, 6.07) is 0. The standard InChI is InChI=1S/C12H21N3O4S2/c1-5-15(8-6-7-14(2)3)21(17,18)12-10(11(16)19-4)13-9-20-12/h9H,5-8H2,1-4H3. The van der Waals surface area contributed by atoms with Gasteiger partial charge in [-0.25, -0.2) is 18.2 Å². The summed E-state index contributed by atoms with van der Waals surface area (Å²) in [5.41, 5.74) is 1.20. The van der Waals surface area contributed by atoms with Crippen molar-refractivity contribution in [2.24, 2.45) is 0 Å². The minimum absolute atomic E-state index is 0.0546. The molecule has 0 unspecified atom stereocenters. The Hall–Kier alpha value is -1.03. The van der Waals surface area contributed by atoms with Gasteiger partial charge in [0.25, 0.3) is 10.0 Å². The predicted octanol–water partition coefficient (Wildman–Crippen LogP) is 0.892. The van der Waals surface area contributed by atoms with Crippen LogP contribution >= 0.6 is 11.3 Å². The fourth-order valence-electron chi connectivity index (χ4n) is 1.78. The van der Waals surface area contributed by atoms with Gasteiger partial charge in [-0.2, -0.15) is 4.31 Å². The number of sulfonamides is 1. The Labute approximate surface area is 129 Å². The lowest BCUT2D eigenvalue weighted by Crippen LogP contribution is -2.33. The number of rotatable bonds is 8. The number of methoxy groups -OCH3 is 1. The van der Waals surface area contributed by atoms with Gasteiger partial charge in [-0.3, -0.25) is 0 Å². The van der Waals surface area contributed by atoms with Crippen LogP contribution in [0.25, 0.3) is 0 Å². The number of nitrogens with zero attached hydrogens (tertiary/aromatic N) is 3. The maximum absolute atomic E-state index is 12.6. The highest BCUT2D eigenvalue weighted by atomic mass is 32.2. The minimum Gasteiger partial charge on any atom is -0.464 e. The minimum atomic E-state index is -3.72. The molecule has 21 heavy (non-hydrogen) atoms. The van der Waals surface area contributed by atoms with Gasteiger partial charge in [-0.1, -0.05) is 6.92 Å². The van der Waals surface area contributed by atoms with E-state index in [0.29, 0.717) is 19.5 Å². The molecule has 0 bridgehead atoms. The average molecular weight is 335 g/mol. The van der Waals surface area contributed by atoms with E-state index in [1.165, 1.54) is 16.9 Å². The Balaban J connectivity index is 2.97. The first-order valence-electron chi connectivity index (χ1n) is 6.51. The third kappa shape index (κ3) is 4.47. The number of esters is 1. The van der Waals surface area contributed by atoms with Gasteiger partial charge in [-0.05, 0) is 27.1 Å². The molecule has 1 aromatic heterocycles. The van der Waals surface area contributed by atoms with Gasteiger partial charge in [0.2, 0.25) is 0 Å². The molecule has 0 amide bonds. The van der Waals surface area contributed by atoms with E-state index in [0.717, 1.165) is 17.9 Å². The Bertz CT molecular complexity index is 569. The monoisotopic (exact) mass is 335 g/mol. The largest absolute Gasteiger partial charge is 0.464 e. The number of aromatic nitrogens is 1. The molecule has 0 atom stereocenters. The molecule has 0 aliphatic heterocycles. The van der Waals surface area contributed by atoms with Crippen LogP contribution in [0.3, 0.4) is 0 Å². The molecule has 0 aromatic carbocycles. The molecule has 0 radical (unpaired) electrons. The highest BCUT2D eigenvalue weighted by molar-refractivity contribution is 7.91. The van der Waals surface area contributed by atoms with Crippen molar-refractivity contribution in [3.8, 4) is 0 Å². The average Bonchev–Trinajstić information content (AvgIpc) is 2.92. The number of hydrogen-bond donors (Lipinski definition) is 0. The van der Waals surface area contributed by atoms with Gasteiger partial charge in [0.1, 0.15) is 0 Å². The van der Waals surface area contributed by atoms with Crippen LogP contribution < -0.4 is 0 Å². The van der Waals surface area contributed by atoms with Gasteiger partial charge in [0.05, 0.1) is 12.6 Å². The van der Waals surface area contributed by atoms with Crippen molar-refractivity contribution < 1.29 is 17.9 Å². The van der Waals surface area contributed by atoms with E-state index < -0.39 is 16.0 Å². The van der Waals surface area contributed by atoms with Crippen LogP contribution in [0.1, 0.15) is 23.8 Å². The lowest BCUT2D eigenvalue weighted by Gasteiger charge is -2.20. The zero-order chi connectivity index (χ0) is 16.0. The molecular formula is C12H21N3O4S2. The molecule has 0 saturated heterocycles. The van der Waals surface area contributed by atoms with Crippen molar-refractivity contribution in [1.82, 2.24) is 14.2 Å². The van der Waals surface area contributed by atoms with Crippen LogP contribution in [0.15, 0.2) is 9.72 Å². The summed E-state index contributed by atoms with van der Waals surface area (Å²) in [7, 11) is 1.35. The zero-order valence-electron chi connectivity index (χ0n) is 12.7. The Morgan fingerprint density at radius 1 is 1.38 bits per heavy atom. The van der Waals surface area contributed by atoms with Gasteiger partial charge in [-0.15, -0.1) is 11.3 Å². The second-order valence-electron chi connectivity index (χ2n) is 4.63. The van der Waals surface area contributed by atoms with Crippen molar-refractivity contribution in [3.63, 3.8) is 0 Å². The maximum atomic E-state index is 12.6. The molecule has 120 valence electrons. The van der Waals surface area contributed by atoms with Gasteiger partial charge in [0.15, 0.2) is 9.90 Å². The van der Waals surface area contributed by atoms with Crippen LogP contribution in [0.5, 0.6) is 0 Å². The van der Waals surface area contributed by atoms with Gasteiger partial charge >= 0.3 is 5.97 Å². The Morgan fingerprint density at radius 2 is 2.05 bits per heavy atom. The van der Waals surface area contributed by atoms with Crippen molar-refractivity contribution in [3.05, 3.63) is 11.2 Å². The van der Waals surface area contributed by atoms with Gasteiger partial charge < -0.3 is 9.64 Å². The van der Waals surface area contributed by atoms with Crippen molar-refractivity contribution in [2.45, 2.75) is 17.6 Å². The lowest BCUT2D eigenvalue weighted by atomic mass is 10.4. The predicted molar refractivity (Wildman–Crippen MR) is 81.1 cm³/mol. The molecule has 0 aliphatic rings. The molecule has 0 aliphatic carbocycles. The number of carbonyl (C=O) groups is 1. The van der Waals surface area contributed by atoms with E-state index in [-0.39, 0.29) is 9.90 Å². The lowest BCUT2D eigenvalue weighted by molar-refractivity contribution is 0.0590. The molecule has 9 heteroatoms. The van der Waals surface area contributed by atoms with Crippen LogP contribution in [0.2, 0.25) is 0 Å². The smallest absolute Gasteiger partial charge is 0.358 e. The van der Waals surface area contributed by atoms with Crippen LogP contribution in [-0.2, 0) is 14.8 Å². The number of ether oxygens (including phenoxy) is 1. The summed E-state index contributed by atoms with van der Waals surface area (Å²) >= 11 is 0.932. The third-order valence-corrected chi connectivity index (χ3v) is 6.17. The number of thiazole rings is 1. The summed E-state index contributed by atoms with van der Waals surface area (Å²) in [5, 5.41) is 0. The topological polar surface area (TPSA) is 79.8 Å². The van der Waals surface area contributed by atoms with E-state index in [4.69, 9.17) is 0 Å². The van der Waals surface area contributed by atoms with Gasteiger partial charge in [0, 0.05) is 13.1 Å². The second kappa shape index (κ2) is 7.83. The fourth-order valence-corrected chi connectivity index (χ4v) is 4.54. The summed E-state index contributed by atoms with van der Waals surface area (Å²) in [6.07, 6.45) is 0.715. The molecule has 0 N–H and O–H groups in total.